The van der Waals surface area contributed by atoms with Crippen molar-refractivity contribution in [2.45, 2.75) is 45.3 Å². The van der Waals surface area contributed by atoms with Crippen molar-refractivity contribution in [1.29, 1.82) is 0 Å². The predicted octanol–water partition coefficient (Wildman–Crippen LogP) is 1.57. The molecule has 0 amide bonds. The Morgan fingerprint density at radius 3 is 3.07 bits per heavy atom. The molecule has 14 heavy (non-hydrogen) atoms. The molecule has 2 atom stereocenters. The Morgan fingerprint density at radius 2 is 2.43 bits per heavy atom. The summed E-state index contributed by atoms with van der Waals surface area (Å²) in [6, 6.07) is 0.485. The highest BCUT2D eigenvalue weighted by Crippen LogP contribution is 2.15. The zero-order chi connectivity index (χ0) is 10.2. The van der Waals surface area contributed by atoms with Crippen LogP contribution in [0.4, 0.5) is 0 Å². The van der Waals surface area contributed by atoms with Crippen LogP contribution in [0.3, 0.4) is 0 Å². The molecule has 1 saturated heterocycles. The van der Waals surface area contributed by atoms with E-state index in [4.69, 9.17) is 9.47 Å². The predicted molar refractivity (Wildman–Crippen MR) is 57.5 cm³/mol. The minimum absolute atomic E-state index is 0.432. The van der Waals surface area contributed by atoms with Gasteiger partial charge in [-0.05, 0) is 39.7 Å². The molecule has 0 aromatic carbocycles. The molecule has 3 heteroatoms. The van der Waals surface area contributed by atoms with Crippen LogP contribution in [0.5, 0.6) is 0 Å². The van der Waals surface area contributed by atoms with E-state index in [1.54, 1.807) is 0 Å². The highest BCUT2D eigenvalue weighted by molar-refractivity contribution is 4.76. The second kappa shape index (κ2) is 7.21. The van der Waals surface area contributed by atoms with Crippen LogP contribution in [0.25, 0.3) is 0 Å². The molecular weight excluding hydrogens is 178 g/mol. The molecule has 84 valence electrons. The van der Waals surface area contributed by atoms with Gasteiger partial charge in [0.25, 0.3) is 0 Å². The molecule has 0 spiro atoms. The number of rotatable bonds is 7. The normalized spacial score (nSPS) is 24.0. The van der Waals surface area contributed by atoms with E-state index < -0.39 is 0 Å². The second-order valence-electron chi connectivity index (χ2n) is 3.84. The molecule has 0 aromatic heterocycles. The van der Waals surface area contributed by atoms with Crippen LogP contribution in [0, 0.1) is 0 Å². The van der Waals surface area contributed by atoms with Gasteiger partial charge in [0.1, 0.15) is 0 Å². The van der Waals surface area contributed by atoms with Crippen molar-refractivity contribution < 1.29 is 9.47 Å². The Labute approximate surface area is 87.2 Å². The van der Waals surface area contributed by atoms with Gasteiger partial charge >= 0.3 is 0 Å². The van der Waals surface area contributed by atoms with Crippen LogP contribution in [-0.2, 0) is 9.47 Å². The number of ether oxygens (including phenoxy) is 2. The lowest BCUT2D eigenvalue weighted by Gasteiger charge is -2.19. The van der Waals surface area contributed by atoms with Crippen LogP contribution in [0.15, 0.2) is 0 Å². The molecule has 0 saturated carbocycles. The van der Waals surface area contributed by atoms with E-state index in [-0.39, 0.29) is 0 Å². The molecule has 1 heterocycles. The largest absolute Gasteiger partial charge is 0.382 e. The lowest BCUT2D eigenvalue weighted by atomic mass is 10.1. The zero-order valence-electron chi connectivity index (χ0n) is 9.42. The molecule has 1 aliphatic rings. The van der Waals surface area contributed by atoms with E-state index in [9.17, 15) is 0 Å². The maximum absolute atomic E-state index is 5.60. The minimum atomic E-state index is 0.432. The Kier molecular flexibility index (Phi) is 6.15. The molecule has 0 radical (unpaired) electrons. The summed E-state index contributed by atoms with van der Waals surface area (Å²) in [5.41, 5.74) is 0. The summed E-state index contributed by atoms with van der Waals surface area (Å²) in [6.45, 7) is 7.89. The summed E-state index contributed by atoms with van der Waals surface area (Å²) in [5, 5.41) is 3.48. The van der Waals surface area contributed by atoms with Crippen molar-refractivity contribution in [1.82, 2.24) is 5.32 Å². The zero-order valence-corrected chi connectivity index (χ0v) is 9.42. The van der Waals surface area contributed by atoms with E-state index >= 15 is 0 Å². The first kappa shape index (κ1) is 12.0. The van der Waals surface area contributed by atoms with Crippen molar-refractivity contribution in [2.24, 2.45) is 0 Å². The summed E-state index contributed by atoms with van der Waals surface area (Å²) >= 11 is 0. The van der Waals surface area contributed by atoms with Crippen LogP contribution in [0.2, 0.25) is 0 Å². The summed E-state index contributed by atoms with van der Waals surface area (Å²) in [5.74, 6) is 0. The molecule has 0 bridgehead atoms. The average molecular weight is 201 g/mol. The van der Waals surface area contributed by atoms with E-state index in [1.807, 2.05) is 6.92 Å². The topological polar surface area (TPSA) is 30.5 Å². The molecule has 2 unspecified atom stereocenters. The Morgan fingerprint density at radius 1 is 1.57 bits per heavy atom. The molecule has 0 aliphatic carbocycles. The van der Waals surface area contributed by atoms with Gasteiger partial charge in [0.15, 0.2) is 0 Å². The number of hydrogen-bond acceptors (Lipinski definition) is 3. The van der Waals surface area contributed by atoms with E-state index in [2.05, 4.69) is 12.2 Å². The molecule has 0 aromatic rings. The van der Waals surface area contributed by atoms with Gasteiger partial charge in [0.2, 0.25) is 0 Å². The first-order valence-corrected chi connectivity index (χ1v) is 5.77. The Bertz CT molecular complexity index is 135. The monoisotopic (exact) mass is 201 g/mol. The first-order valence-electron chi connectivity index (χ1n) is 5.77. The van der Waals surface area contributed by atoms with Crippen molar-refractivity contribution in [3.05, 3.63) is 0 Å². The lowest BCUT2D eigenvalue weighted by Crippen LogP contribution is -2.37. The Balaban J connectivity index is 1.94. The highest BCUT2D eigenvalue weighted by atomic mass is 16.5. The SMILES string of the molecule is CCOCCCNC(C)C1CCCO1. The van der Waals surface area contributed by atoms with E-state index in [0.717, 1.165) is 32.8 Å². The maximum atomic E-state index is 5.60. The fraction of sp³-hybridized carbons (Fsp3) is 1.00. The van der Waals surface area contributed by atoms with Crippen LogP contribution in [0.1, 0.15) is 33.1 Å². The van der Waals surface area contributed by atoms with Crippen molar-refractivity contribution in [2.75, 3.05) is 26.4 Å². The van der Waals surface area contributed by atoms with E-state index in [1.165, 1.54) is 12.8 Å². The van der Waals surface area contributed by atoms with Gasteiger partial charge < -0.3 is 14.8 Å². The van der Waals surface area contributed by atoms with Gasteiger partial charge in [-0.3, -0.25) is 0 Å². The molecule has 1 N–H and O–H groups in total. The highest BCUT2D eigenvalue weighted by Gasteiger charge is 2.21. The standard InChI is InChI=1S/C11H23NO2/c1-3-13-8-5-7-12-10(2)11-6-4-9-14-11/h10-12H,3-9H2,1-2H3. The fourth-order valence-corrected chi connectivity index (χ4v) is 1.78. The third-order valence-corrected chi connectivity index (χ3v) is 2.66. The maximum Gasteiger partial charge on any atom is 0.0726 e. The minimum Gasteiger partial charge on any atom is -0.382 e. The van der Waals surface area contributed by atoms with Crippen LogP contribution >= 0.6 is 0 Å². The van der Waals surface area contributed by atoms with Gasteiger partial charge in [0, 0.05) is 25.9 Å². The quantitative estimate of drug-likeness (QED) is 0.634. The van der Waals surface area contributed by atoms with Gasteiger partial charge in [0.05, 0.1) is 6.10 Å². The molecule has 1 fully saturated rings. The fourth-order valence-electron chi connectivity index (χ4n) is 1.78. The number of nitrogens with one attached hydrogen (secondary N) is 1. The van der Waals surface area contributed by atoms with Gasteiger partial charge in [-0.1, -0.05) is 0 Å². The first-order chi connectivity index (χ1) is 6.84. The van der Waals surface area contributed by atoms with Crippen LogP contribution in [-0.4, -0.2) is 38.5 Å². The van der Waals surface area contributed by atoms with Crippen molar-refractivity contribution >= 4 is 0 Å². The van der Waals surface area contributed by atoms with Crippen LogP contribution < -0.4 is 5.32 Å². The third kappa shape index (κ3) is 4.40. The summed E-state index contributed by atoms with van der Waals surface area (Å²) in [6.07, 6.45) is 3.95. The van der Waals surface area contributed by atoms with Gasteiger partial charge in [-0.2, -0.15) is 0 Å². The molecular formula is C11H23NO2. The average Bonchev–Trinajstić information content (AvgIpc) is 2.70. The smallest absolute Gasteiger partial charge is 0.0726 e. The Hall–Kier alpha value is -0.120. The third-order valence-electron chi connectivity index (χ3n) is 2.66. The molecule has 3 nitrogen and oxygen atoms in total. The molecule has 1 aliphatic heterocycles. The molecule has 1 rings (SSSR count). The van der Waals surface area contributed by atoms with Gasteiger partial charge in [-0.25, -0.2) is 0 Å². The van der Waals surface area contributed by atoms with E-state index in [0.29, 0.717) is 12.1 Å². The lowest BCUT2D eigenvalue weighted by molar-refractivity contribution is 0.0818. The van der Waals surface area contributed by atoms with Gasteiger partial charge in [-0.15, -0.1) is 0 Å². The summed E-state index contributed by atoms with van der Waals surface area (Å²) in [4.78, 5) is 0. The summed E-state index contributed by atoms with van der Waals surface area (Å²) < 4.78 is 10.9. The number of hydrogen-bond donors (Lipinski definition) is 1. The van der Waals surface area contributed by atoms with Crippen molar-refractivity contribution in [3.8, 4) is 0 Å². The summed E-state index contributed by atoms with van der Waals surface area (Å²) in [7, 11) is 0. The van der Waals surface area contributed by atoms with Crippen molar-refractivity contribution in [3.63, 3.8) is 0 Å². The second-order valence-corrected chi connectivity index (χ2v) is 3.84.